The van der Waals surface area contributed by atoms with Gasteiger partial charge in [0.15, 0.2) is 0 Å². The Hall–Kier alpha value is -1.83. The van der Waals surface area contributed by atoms with Crippen LogP contribution in [-0.4, -0.2) is 54.3 Å². The topological polar surface area (TPSA) is 114 Å². The molecule has 158 valence electrons. The van der Waals surface area contributed by atoms with Crippen LogP contribution in [0.5, 0.6) is 6.01 Å². The summed E-state index contributed by atoms with van der Waals surface area (Å²) in [5.41, 5.74) is 0.573. The van der Waals surface area contributed by atoms with Crippen LogP contribution in [0.3, 0.4) is 0 Å². The van der Waals surface area contributed by atoms with Crippen LogP contribution in [0.4, 0.5) is 0 Å². The van der Waals surface area contributed by atoms with Gasteiger partial charge in [0.25, 0.3) is 0 Å². The number of esters is 1. The van der Waals surface area contributed by atoms with Crippen molar-refractivity contribution in [2.75, 3.05) is 20.4 Å². The highest BCUT2D eigenvalue weighted by Crippen LogP contribution is 2.50. The third-order valence-electron chi connectivity index (χ3n) is 3.53. The minimum Gasteiger partial charge on any atom is -0.469 e. The van der Waals surface area contributed by atoms with Gasteiger partial charge in [-0.3, -0.25) is 14.2 Å². The van der Waals surface area contributed by atoms with Gasteiger partial charge < -0.3 is 18.5 Å². The number of hydrogen-bond donors (Lipinski definition) is 0. The highest BCUT2D eigenvalue weighted by Gasteiger charge is 2.32. The lowest BCUT2D eigenvalue weighted by Crippen LogP contribution is -2.19. The van der Waals surface area contributed by atoms with Crippen molar-refractivity contribution in [1.82, 2.24) is 9.97 Å². The summed E-state index contributed by atoms with van der Waals surface area (Å²) in [5.74, 6) is -1.36. The molecule has 1 atom stereocenters. The number of methoxy groups -OCH3 is 2. The lowest BCUT2D eigenvalue weighted by molar-refractivity contribution is -0.141. The van der Waals surface area contributed by atoms with E-state index in [1.807, 2.05) is 0 Å². The molecule has 1 heterocycles. The Bertz CT molecular complexity index is 678. The van der Waals surface area contributed by atoms with E-state index in [4.69, 9.17) is 18.5 Å². The molecule has 1 aromatic heterocycles. The van der Waals surface area contributed by atoms with Crippen molar-refractivity contribution in [2.24, 2.45) is 0 Å². The Morgan fingerprint density at radius 3 is 1.96 bits per heavy atom. The predicted octanol–water partition coefficient (Wildman–Crippen LogP) is 3.13. The molecule has 1 aromatic rings. The van der Waals surface area contributed by atoms with E-state index in [1.165, 1.54) is 26.6 Å². The van der Waals surface area contributed by atoms with Gasteiger partial charge in [-0.05, 0) is 33.3 Å². The van der Waals surface area contributed by atoms with Crippen LogP contribution in [0.15, 0.2) is 12.4 Å². The number of hydrogen-bond acceptors (Lipinski definition) is 9. The van der Waals surface area contributed by atoms with E-state index in [0.29, 0.717) is 5.56 Å². The standard InChI is InChI=1S/C18H29N2O7P/c1-12(2)26-28(23,27-13(3)4)11-16(21)7-14(8-17(22)24-5)15-9-19-18(25-6)20-10-15/h9-10,12-14H,7-8,11H2,1-6H3/t14-/m0/s1. The number of ether oxygens (including phenoxy) is 2. The molecule has 0 aliphatic heterocycles. The van der Waals surface area contributed by atoms with Crippen molar-refractivity contribution in [2.45, 2.75) is 58.7 Å². The Morgan fingerprint density at radius 1 is 1.00 bits per heavy atom. The molecule has 0 aliphatic carbocycles. The SMILES string of the molecule is COC(=O)C[C@H](CC(=O)CP(=O)(OC(C)C)OC(C)C)c1cnc(OC)nc1. The summed E-state index contributed by atoms with van der Waals surface area (Å²) in [4.78, 5) is 32.4. The third kappa shape index (κ3) is 8.46. The van der Waals surface area contributed by atoms with Gasteiger partial charge in [0.2, 0.25) is 0 Å². The summed E-state index contributed by atoms with van der Waals surface area (Å²) in [6.45, 7) is 6.87. The van der Waals surface area contributed by atoms with Crippen molar-refractivity contribution in [3.63, 3.8) is 0 Å². The van der Waals surface area contributed by atoms with Gasteiger partial charge in [0, 0.05) is 24.7 Å². The Morgan fingerprint density at radius 2 is 1.54 bits per heavy atom. The quantitative estimate of drug-likeness (QED) is 0.374. The number of rotatable bonds is 12. The van der Waals surface area contributed by atoms with Gasteiger partial charge in [0.1, 0.15) is 11.9 Å². The van der Waals surface area contributed by atoms with Crippen LogP contribution >= 0.6 is 7.60 Å². The van der Waals surface area contributed by atoms with Crippen molar-refractivity contribution >= 4 is 19.3 Å². The second-order valence-electron chi connectivity index (χ2n) is 6.80. The molecule has 0 fully saturated rings. The van der Waals surface area contributed by atoms with E-state index in [2.05, 4.69) is 9.97 Å². The Labute approximate surface area is 165 Å². The smallest absolute Gasteiger partial charge is 0.338 e. The Balaban J connectivity index is 2.97. The largest absolute Gasteiger partial charge is 0.469 e. The first-order valence-electron chi connectivity index (χ1n) is 8.98. The first-order valence-corrected chi connectivity index (χ1v) is 10.7. The molecule has 0 saturated carbocycles. The molecule has 9 nitrogen and oxygen atoms in total. The number of aromatic nitrogens is 2. The second kappa shape index (κ2) is 11.2. The lowest BCUT2D eigenvalue weighted by atomic mass is 9.93. The summed E-state index contributed by atoms with van der Waals surface area (Å²) in [7, 11) is -0.900. The van der Waals surface area contributed by atoms with Crippen LogP contribution in [0.1, 0.15) is 52.0 Å². The Kier molecular flexibility index (Phi) is 9.72. The maximum absolute atomic E-state index is 12.9. The molecular formula is C18H29N2O7P. The monoisotopic (exact) mass is 416 g/mol. The number of Topliss-reactive ketones (excluding diaryl/α,β-unsaturated/α-hetero) is 1. The van der Waals surface area contributed by atoms with Gasteiger partial charge in [-0.1, -0.05) is 0 Å². The number of nitrogens with zero attached hydrogens (tertiary/aromatic N) is 2. The van der Waals surface area contributed by atoms with Crippen LogP contribution in [0, 0.1) is 0 Å². The van der Waals surface area contributed by atoms with Crippen molar-refractivity contribution < 1.29 is 32.7 Å². The normalized spacial score (nSPS) is 12.9. The second-order valence-corrected chi connectivity index (χ2v) is 8.76. The molecule has 0 bridgehead atoms. The summed E-state index contributed by atoms with van der Waals surface area (Å²) in [5, 5.41) is 0. The van der Waals surface area contributed by atoms with Crippen molar-refractivity contribution in [3.05, 3.63) is 18.0 Å². The highest BCUT2D eigenvalue weighted by molar-refractivity contribution is 7.54. The van der Waals surface area contributed by atoms with E-state index in [1.54, 1.807) is 27.7 Å². The maximum Gasteiger partial charge on any atom is 0.338 e. The van der Waals surface area contributed by atoms with E-state index in [9.17, 15) is 14.2 Å². The van der Waals surface area contributed by atoms with E-state index < -0.39 is 19.5 Å². The zero-order valence-electron chi connectivity index (χ0n) is 17.2. The first kappa shape index (κ1) is 24.2. The van der Waals surface area contributed by atoms with Gasteiger partial charge in [-0.2, -0.15) is 0 Å². The average Bonchev–Trinajstić information content (AvgIpc) is 2.59. The third-order valence-corrected chi connectivity index (χ3v) is 5.76. The van der Waals surface area contributed by atoms with E-state index in [-0.39, 0.29) is 43.0 Å². The molecule has 0 aromatic carbocycles. The first-order chi connectivity index (χ1) is 13.1. The molecule has 10 heteroatoms. The molecule has 0 aliphatic rings. The summed E-state index contributed by atoms with van der Waals surface area (Å²) < 4.78 is 33.4. The van der Waals surface area contributed by atoms with Crippen LogP contribution in [0.25, 0.3) is 0 Å². The fourth-order valence-electron chi connectivity index (χ4n) is 2.53. The molecule has 0 unspecified atom stereocenters. The van der Waals surface area contributed by atoms with Gasteiger partial charge in [0.05, 0.1) is 32.8 Å². The molecule has 0 amide bonds. The lowest BCUT2D eigenvalue weighted by Gasteiger charge is -2.23. The molecular weight excluding hydrogens is 387 g/mol. The fourth-order valence-corrected chi connectivity index (χ4v) is 4.58. The van der Waals surface area contributed by atoms with Gasteiger partial charge in [-0.15, -0.1) is 0 Å². The number of ketones is 1. The maximum atomic E-state index is 12.9. The van der Waals surface area contributed by atoms with Gasteiger partial charge in [-0.25, -0.2) is 9.97 Å². The zero-order valence-corrected chi connectivity index (χ0v) is 18.1. The molecule has 0 radical (unpaired) electrons. The fraction of sp³-hybridized carbons (Fsp3) is 0.667. The summed E-state index contributed by atoms with van der Waals surface area (Å²) in [6, 6.07) is 0.173. The van der Waals surface area contributed by atoms with Crippen LogP contribution in [0.2, 0.25) is 0 Å². The zero-order chi connectivity index (χ0) is 21.3. The molecule has 0 spiro atoms. The average molecular weight is 416 g/mol. The summed E-state index contributed by atoms with van der Waals surface area (Å²) in [6.07, 6.45) is 1.77. The molecule has 28 heavy (non-hydrogen) atoms. The van der Waals surface area contributed by atoms with Crippen LogP contribution < -0.4 is 4.74 Å². The van der Waals surface area contributed by atoms with Crippen LogP contribution in [-0.2, 0) is 27.9 Å². The molecule has 1 rings (SSSR count). The van der Waals surface area contributed by atoms with Gasteiger partial charge >= 0.3 is 19.6 Å². The van der Waals surface area contributed by atoms with Crippen molar-refractivity contribution in [1.29, 1.82) is 0 Å². The summed E-state index contributed by atoms with van der Waals surface area (Å²) >= 11 is 0. The predicted molar refractivity (Wildman–Crippen MR) is 102 cm³/mol. The van der Waals surface area contributed by atoms with Crippen molar-refractivity contribution in [3.8, 4) is 6.01 Å². The number of carbonyl (C=O) groups excluding carboxylic acids is 2. The number of carbonyl (C=O) groups is 2. The molecule has 0 N–H and O–H groups in total. The minimum atomic E-state index is -3.61. The van der Waals surface area contributed by atoms with E-state index in [0.717, 1.165) is 0 Å². The highest BCUT2D eigenvalue weighted by atomic mass is 31.2. The molecule has 0 saturated heterocycles. The van der Waals surface area contributed by atoms with E-state index >= 15 is 0 Å². The minimum absolute atomic E-state index is 0.0433.